The van der Waals surface area contributed by atoms with Crippen molar-refractivity contribution in [2.75, 3.05) is 13.7 Å². The number of hydrogen-bond acceptors (Lipinski definition) is 2. The Hall–Kier alpha value is -0.570. The summed E-state index contributed by atoms with van der Waals surface area (Å²) >= 11 is 0. The standard InChI is InChI=1S/C7H11NO2/c1-10-4-7-3-5(7)2-6(9)8-7/h5H,2-4H2,1H3,(H,8,9). The third kappa shape index (κ3) is 0.669. The van der Waals surface area contributed by atoms with E-state index >= 15 is 0 Å². The third-order valence-corrected chi connectivity index (χ3v) is 2.45. The maximum absolute atomic E-state index is 10.8. The normalized spacial score (nSPS) is 42.9. The SMILES string of the molecule is COCC12CC1CC(=O)N2. The second-order valence-electron chi connectivity index (χ2n) is 3.24. The highest BCUT2D eigenvalue weighted by Crippen LogP contribution is 2.49. The van der Waals surface area contributed by atoms with Crippen LogP contribution in [-0.2, 0) is 9.53 Å². The Morgan fingerprint density at radius 1 is 1.90 bits per heavy atom. The van der Waals surface area contributed by atoms with Crippen molar-refractivity contribution in [2.45, 2.75) is 18.4 Å². The molecule has 0 aromatic rings. The van der Waals surface area contributed by atoms with Crippen LogP contribution >= 0.6 is 0 Å². The van der Waals surface area contributed by atoms with Gasteiger partial charge in [0.25, 0.3) is 0 Å². The lowest BCUT2D eigenvalue weighted by Gasteiger charge is -2.10. The predicted octanol–water partition coefficient (Wildman–Crippen LogP) is -0.0886. The van der Waals surface area contributed by atoms with Crippen molar-refractivity contribution in [3.8, 4) is 0 Å². The van der Waals surface area contributed by atoms with Crippen LogP contribution in [0.1, 0.15) is 12.8 Å². The number of rotatable bonds is 2. The largest absolute Gasteiger partial charge is 0.382 e. The molecule has 2 unspecified atom stereocenters. The lowest BCUT2D eigenvalue weighted by molar-refractivity contribution is -0.120. The van der Waals surface area contributed by atoms with Crippen molar-refractivity contribution in [3.63, 3.8) is 0 Å². The first-order chi connectivity index (χ1) is 4.77. The Kier molecular flexibility index (Phi) is 1.06. The Morgan fingerprint density at radius 2 is 2.70 bits per heavy atom. The minimum absolute atomic E-state index is 0.0613. The van der Waals surface area contributed by atoms with Gasteiger partial charge in [0, 0.05) is 13.5 Å². The summed E-state index contributed by atoms with van der Waals surface area (Å²) in [6.45, 7) is 0.684. The first-order valence-corrected chi connectivity index (χ1v) is 3.57. The van der Waals surface area contributed by atoms with Crippen LogP contribution in [-0.4, -0.2) is 25.2 Å². The van der Waals surface area contributed by atoms with Crippen LogP contribution in [0.5, 0.6) is 0 Å². The molecule has 1 amide bonds. The zero-order valence-electron chi connectivity index (χ0n) is 6.02. The van der Waals surface area contributed by atoms with E-state index in [1.54, 1.807) is 7.11 Å². The van der Waals surface area contributed by atoms with Crippen LogP contribution in [0, 0.1) is 5.92 Å². The topological polar surface area (TPSA) is 38.3 Å². The monoisotopic (exact) mass is 141 g/mol. The number of nitrogens with one attached hydrogen (secondary N) is 1. The molecule has 1 saturated heterocycles. The zero-order chi connectivity index (χ0) is 7.19. The van der Waals surface area contributed by atoms with E-state index in [2.05, 4.69) is 5.32 Å². The molecule has 0 spiro atoms. The maximum atomic E-state index is 10.8. The van der Waals surface area contributed by atoms with E-state index in [1.807, 2.05) is 0 Å². The molecule has 0 bridgehead atoms. The van der Waals surface area contributed by atoms with Gasteiger partial charge in [-0.2, -0.15) is 0 Å². The van der Waals surface area contributed by atoms with Gasteiger partial charge in [0.2, 0.25) is 5.91 Å². The van der Waals surface area contributed by atoms with Crippen LogP contribution in [0.15, 0.2) is 0 Å². The quantitative estimate of drug-likeness (QED) is 0.583. The summed E-state index contributed by atoms with van der Waals surface area (Å²) in [4.78, 5) is 10.8. The van der Waals surface area contributed by atoms with Crippen molar-refractivity contribution in [1.82, 2.24) is 5.32 Å². The summed E-state index contributed by atoms with van der Waals surface area (Å²) in [6, 6.07) is 0. The highest BCUT2D eigenvalue weighted by atomic mass is 16.5. The molecule has 0 radical (unpaired) electrons. The van der Waals surface area contributed by atoms with Gasteiger partial charge in [0.15, 0.2) is 0 Å². The van der Waals surface area contributed by atoms with Crippen molar-refractivity contribution < 1.29 is 9.53 Å². The molecule has 1 heterocycles. The van der Waals surface area contributed by atoms with Crippen LogP contribution in [0.4, 0.5) is 0 Å². The lowest BCUT2D eigenvalue weighted by atomic mass is 10.2. The Bertz CT molecular complexity index is 180. The molecule has 0 aromatic heterocycles. The Balaban J connectivity index is 2.01. The van der Waals surface area contributed by atoms with E-state index in [-0.39, 0.29) is 11.4 Å². The minimum atomic E-state index is 0.0613. The molecule has 1 saturated carbocycles. The van der Waals surface area contributed by atoms with Crippen LogP contribution in [0.25, 0.3) is 0 Å². The molecule has 56 valence electrons. The number of carbonyl (C=O) groups is 1. The van der Waals surface area contributed by atoms with Gasteiger partial charge in [-0.1, -0.05) is 0 Å². The minimum Gasteiger partial charge on any atom is -0.382 e. The summed E-state index contributed by atoms with van der Waals surface area (Å²) in [5.41, 5.74) is 0.0613. The molecule has 3 nitrogen and oxygen atoms in total. The zero-order valence-corrected chi connectivity index (χ0v) is 6.02. The van der Waals surface area contributed by atoms with Crippen LogP contribution in [0.3, 0.4) is 0 Å². The van der Waals surface area contributed by atoms with Crippen molar-refractivity contribution in [2.24, 2.45) is 5.92 Å². The molecule has 2 aliphatic rings. The van der Waals surface area contributed by atoms with E-state index < -0.39 is 0 Å². The lowest BCUT2D eigenvalue weighted by Crippen LogP contribution is -2.35. The van der Waals surface area contributed by atoms with E-state index in [4.69, 9.17) is 4.74 Å². The molecule has 2 rings (SSSR count). The Morgan fingerprint density at radius 3 is 3.20 bits per heavy atom. The summed E-state index contributed by atoms with van der Waals surface area (Å²) in [6.07, 6.45) is 1.83. The first kappa shape index (κ1) is 6.16. The molecule has 1 aliphatic carbocycles. The average molecular weight is 141 g/mol. The van der Waals surface area contributed by atoms with Gasteiger partial charge in [-0.25, -0.2) is 0 Å². The second-order valence-corrected chi connectivity index (χ2v) is 3.24. The van der Waals surface area contributed by atoms with Gasteiger partial charge >= 0.3 is 0 Å². The van der Waals surface area contributed by atoms with Gasteiger partial charge < -0.3 is 10.1 Å². The summed E-state index contributed by atoms with van der Waals surface area (Å²) in [5, 5.41) is 2.94. The molecule has 3 heteroatoms. The third-order valence-electron chi connectivity index (χ3n) is 2.45. The maximum Gasteiger partial charge on any atom is 0.220 e. The van der Waals surface area contributed by atoms with E-state index in [9.17, 15) is 4.79 Å². The van der Waals surface area contributed by atoms with E-state index in [0.29, 0.717) is 18.9 Å². The second kappa shape index (κ2) is 1.72. The van der Waals surface area contributed by atoms with Crippen LogP contribution in [0.2, 0.25) is 0 Å². The van der Waals surface area contributed by atoms with Gasteiger partial charge in [-0.3, -0.25) is 4.79 Å². The van der Waals surface area contributed by atoms with Crippen LogP contribution < -0.4 is 5.32 Å². The molecule has 2 atom stereocenters. The Labute approximate surface area is 59.7 Å². The molecular weight excluding hydrogens is 130 g/mol. The van der Waals surface area contributed by atoms with E-state index in [1.165, 1.54) is 0 Å². The highest BCUT2D eigenvalue weighted by molar-refractivity contribution is 5.82. The highest BCUT2D eigenvalue weighted by Gasteiger charge is 2.60. The number of carbonyl (C=O) groups excluding carboxylic acids is 1. The molecule has 10 heavy (non-hydrogen) atoms. The number of amides is 1. The number of piperidine rings is 1. The number of methoxy groups -OCH3 is 1. The molecule has 0 aromatic carbocycles. The number of hydrogen-bond donors (Lipinski definition) is 1. The fourth-order valence-corrected chi connectivity index (χ4v) is 1.82. The van der Waals surface area contributed by atoms with Gasteiger partial charge in [0.05, 0.1) is 12.1 Å². The number of ether oxygens (including phenoxy) is 1. The van der Waals surface area contributed by atoms with Gasteiger partial charge in [-0.15, -0.1) is 0 Å². The van der Waals surface area contributed by atoms with Gasteiger partial charge in [-0.05, 0) is 12.3 Å². The smallest absolute Gasteiger partial charge is 0.220 e. The fraction of sp³-hybridized carbons (Fsp3) is 0.857. The number of fused-ring (bicyclic) bond motifs is 1. The van der Waals surface area contributed by atoms with E-state index in [0.717, 1.165) is 6.42 Å². The average Bonchev–Trinajstić information content (AvgIpc) is 2.36. The van der Waals surface area contributed by atoms with Crippen molar-refractivity contribution in [3.05, 3.63) is 0 Å². The molecule has 2 fully saturated rings. The van der Waals surface area contributed by atoms with Crippen molar-refractivity contribution >= 4 is 5.91 Å². The van der Waals surface area contributed by atoms with Gasteiger partial charge in [0.1, 0.15) is 0 Å². The summed E-state index contributed by atoms with van der Waals surface area (Å²) in [7, 11) is 1.68. The fourth-order valence-electron chi connectivity index (χ4n) is 1.82. The molecular formula is C7H11NO2. The summed E-state index contributed by atoms with van der Waals surface area (Å²) in [5.74, 6) is 0.758. The molecule has 1 aliphatic heterocycles. The first-order valence-electron chi connectivity index (χ1n) is 3.57. The van der Waals surface area contributed by atoms with Crippen molar-refractivity contribution in [1.29, 1.82) is 0 Å². The molecule has 1 N–H and O–H groups in total. The predicted molar refractivity (Wildman–Crippen MR) is 35.5 cm³/mol. The summed E-state index contributed by atoms with van der Waals surface area (Å²) < 4.78 is 5.00.